The molecule has 0 saturated carbocycles. The Hall–Kier alpha value is -2.08. The number of methoxy groups -OCH3 is 1. The number of benzene rings is 1. The number of ether oxygens (including phenoxy) is 1. The summed E-state index contributed by atoms with van der Waals surface area (Å²) in [4.78, 5) is 7.91. The highest BCUT2D eigenvalue weighted by Gasteiger charge is 2.21. The molecule has 2 N–H and O–H groups in total. The van der Waals surface area contributed by atoms with Gasteiger partial charge in [-0.05, 0) is 6.07 Å². The van der Waals surface area contributed by atoms with Gasteiger partial charge in [0.2, 0.25) is 5.88 Å². The van der Waals surface area contributed by atoms with Crippen LogP contribution in [0.4, 0.5) is 8.78 Å². The summed E-state index contributed by atoms with van der Waals surface area (Å²) in [6, 6.07) is 2.87. The minimum atomic E-state index is -0.988. The van der Waals surface area contributed by atoms with Gasteiger partial charge in [-0.3, -0.25) is 4.98 Å². The van der Waals surface area contributed by atoms with Crippen molar-refractivity contribution in [2.75, 3.05) is 7.11 Å². The summed E-state index contributed by atoms with van der Waals surface area (Å²) >= 11 is 0. The van der Waals surface area contributed by atoms with Crippen molar-refractivity contribution in [3.63, 3.8) is 0 Å². The van der Waals surface area contributed by atoms with Crippen LogP contribution in [0.3, 0.4) is 0 Å². The van der Waals surface area contributed by atoms with Gasteiger partial charge in [0.15, 0.2) is 11.6 Å². The van der Waals surface area contributed by atoms with Gasteiger partial charge in [0.25, 0.3) is 0 Å². The van der Waals surface area contributed by atoms with E-state index < -0.39 is 17.7 Å². The molecule has 6 heteroatoms. The molecular weight excluding hydrogens is 240 g/mol. The quantitative estimate of drug-likeness (QED) is 0.903. The van der Waals surface area contributed by atoms with E-state index in [2.05, 4.69) is 9.97 Å². The summed E-state index contributed by atoms with van der Waals surface area (Å²) in [6.45, 7) is 0. The molecule has 94 valence electrons. The van der Waals surface area contributed by atoms with Crippen molar-refractivity contribution in [2.24, 2.45) is 5.73 Å². The van der Waals surface area contributed by atoms with E-state index in [1.165, 1.54) is 31.6 Å². The van der Waals surface area contributed by atoms with Crippen LogP contribution in [0, 0.1) is 11.6 Å². The lowest BCUT2D eigenvalue weighted by Crippen LogP contribution is -2.17. The number of hydrogen-bond donors (Lipinski definition) is 1. The first-order valence-electron chi connectivity index (χ1n) is 5.19. The number of hydrogen-bond acceptors (Lipinski definition) is 4. The molecule has 4 nitrogen and oxygen atoms in total. The predicted octanol–water partition coefficient (Wildman–Crippen LogP) is 1.81. The fraction of sp³-hybridized carbons (Fsp3) is 0.167. The third kappa shape index (κ3) is 2.14. The molecule has 0 amide bonds. The summed E-state index contributed by atoms with van der Waals surface area (Å²) in [7, 11) is 1.40. The molecule has 1 unspecified atom stereocenters. The normalized spacial score (nSPS) is 12.2. The Morgan fingerprint density at radius 2 is 1.94 bits per heavy atom. The Morgan fingerprint density at radius 3 is 2.67 bits per heavy atom. The summed E-state index contributed by atoms with van der Waals surface area (Å²) in [6.07, 6.45) is 2.84. The lowest BCUT2D eigenvalue weighted by Gasteiger charge is -2.14. The van der Waals surface area contributed by atoms with Crippen molar-refractivity contribution >= 4 is 0 Å². The van der Waals surface area contributed by atoms with E-state index >= 15 is 0 Å². The molecule has 1 atom stereocenters. The summed E-state index contributed by atoms with van der Waals surface area (Å²) in [5, 5.41) is 0. The molecule has 1 aromatic heterocycles. The number of rotatable bonds is 3. The fourth-order valence-corrected chi connectivity index (χ4v) is 1.61. The SMILES string of the molecule is COc1nccnc1C(N)c1cccc(F)c1F. The maximum absolute atomic E-state index is 13.6. The second-order valence-corrected chi connectivity index (χ2v) is 3.57. The van der Waals surface area contributed by atoms with Gasteiger partial charge in [-0.25, -0.2) is 13.8 Å². The van der Waals surface area contributed by atoms with Crippen LogP contribution in [0.2, 0.25) is 0 Å². The molecule has 18 heavy (non-hydrogen) atoms. The first-order valence-corrected chi connectivity index (χ1v) is 5.19. The molecule has 0 radical (unpaired) electrons. The fourth-order valence-electron chi connectivity index (χ4n) is 1.61. The van der Waals surface area contributed by atoms with Crippen molar-refractivity contribution in [1.29, 1.82) is 0 Å². The van der Waals surface area contributed by atoms with Crippen LogP contribution >= 0.6 is 0 Å². The van der Waals surface area contributed by atoms with Gasteiger partial charge in [-0.2, -0.15) is 0 Å². The second kappa shape index (κ2) is 5.05. The Bertz CT molecular complexity index is 563. The van der Waals surface area contributed by atoms with Crippen LogP contribution in [0.1, 0.15) is 17.3 Å². The van der Waals surface area contributed by atoms with Gasteiger partial charge < -0.3 is 10.5 Å². The van der Waals surface area contributed by atoms with Crippen molar-refractivity contribution in [3.05, 3.63) is 53.5 Å². The van der Waals surface area contributed by atoms with Crippen molar-refractivity contribution in [2.45, 2.75) is 6.04 Å². The van der Waals surface area contributed by atoms with Gasteiger partial charge in [-0.1, -0.05) is 12.1 Å². The van der Waals surface area contributed by atoms with Gasteiger partial charge >= 0.3 is 0 Å². The number of aromatic nitrogens is 2. The second-order valence-electron chi connectivity index (χ2n) is 3.57. The van der Waals surface area contributed by atoms with E-state index in [-0.39, 0.29) is 17.1 Å². The highest BCUT2D eigenvalue weighted by Crippen LogP contribution is 2.26. The molecule has 2 aromatic rings. The summed E-state index contributed by atoms with van der Waals surface area (Å²) < 4.78 is 31.8. The average Bonchev–Trinajstić information content (AvgIpc) is 2.41. The lowest BCUT2D eigenvalue weighted by molar-refractivity contribution is 0.386. The molecule has 0 saturated heterocycles. The van der Waals surface area contributed by atoms with Crippen molar-refractivity contribution in [3.8, 4) is 5.88 Å². The van der Waals surface area contributed by atoms with Crippen LogP contribution in [-0.2, 0) is 0 Å². The topological polar surface area (TPSA) is 61.0 Å². The number of nitrogens with zero attached hydrogens (tertiary/aromatic N) is 2. The third-order valence-electron chi connectivity index (χ3n) is 2.50. The molecule has 0 aliphatic heterocycles. The molecular formula is C12H11F2N3O. The molecule has 2 rings (SSSR count). The predicted molar refractivity (Wildman–Crippen MR) is 61.0 cm³/mol. The van der Waals surface area contributed by atoms with Crippen LogP contribution in [0.15, 0.2) is 30.6 Å². The van der Waals surface area contributed by atoms with E-state index in [9.17, 15) is 8.78 Å². The smallest absolute Gasteiger partial charge is 0.237 e. The first-order chi connectivity index (χ1) is 8.65. The Kier molecular flexibility index (Phi) is 3.47. The molecule has 0 fully saturated rings. The lowest BCUT2D eigenvalue weighted by atomic mass is 10.0. The standard InChI is InChI=1S/C12H11F2N3O/c1-18-12-11(16-5-6-17-12)10(15)7-3-2-4-8(13)9(7)14/h2-6,10H,15H2,1H3. The first kappa shape index (κ1) is 12.4. The van der Waals surface area contributed by atoms with Crippen LogP contribution in [0.5, 0.6) is 5.88 Å². The summed E-state index contributed by atoms with van der Waals surface area (Å²) in [5.41, 5.74) is 6.14. The van der Waals surface area contributed by atoms with E-state index in [0.717, 1.165) is 6.07 Å². The molecule has 0 aliphatic carbocycles. The van der Waals surface area contributed by atoms with E-state index in [1.807, 2.05) is 0 Å². The zero-order valence-corrected chi connectivity index (χ0v) is 9.60. The average molecular weight is 251 g/mol. The highest BCUT2D eigenvalue weighted by molar-refractivity contribution is 5.33. The monoisotopic (exact) mass is 251 g/mol. The van der Waals surface area contributed by atoms with E-state index in [1.54, 1.807) is 0 Å². The minimum Gasteiger partial charge on any atom is -0.480 e. The van der Waals surface area contributed by atoms with E-state index in [4.69, 9.17) is 10.5 Å². The minimum absolute atomic E-state index is 0.00815. The van der Waals surface area contributed by atoms with Gasteiger partial charge in [-0.15, -0.1) is 0 Å². The van der Waals surface area contributed by atoms with Crippen LogP contribution in [-0.4, -0.2) is 17.1 Å². The number of nitrogens with two attached hydrogens (primary N) is 1. The molecule has 0 spiro atoms. The largest absolute Gasteiger partial charge is 0.480 e. The summed E-state index contributed by atoms with van der Waals surface area (Å²) in [5.74, 6) is -1.75. The van der Waals surface area contributed by atoms with Crippen LogP contribution < -0.4 is 10.5 Å². The molecule has 1 aromatic carbocycles. The number of halogens is 2. The zero-order chi connectivity index (χ0) is 13.1. The molecule has 0 aliphatic rings. The Labute approximate surface area is 102 Å². The van der Waals surface area contributed by atoms with Crippen LogP contribution in [0.25, 0.3) is 0 Å². The van der Waals surface area contributed by atoms with Crippen molar-refractivity contribution in [1.82, 2.24) is 9.97 Å². The molecule has 1 heterocycles. The highest BCUT2D eigenvalue weighted by atomic mass is 19.2. The third-order valence-corrected chi connectivity index (χ3v) is 2.50. The maximum Gasteiger partial charge on any atom is 0.237 e. The maximum atomic E-state index is 13.6. The van der Waals surface area contributed by atoms with Gasteiger partial charge in [0, 0.05) is 18.0 Å². The van der Waals surface area contributed by atoms with Gasteiger partial charge in [0.05, 0.1) is 13.2 Å². The van der Waals surface area contributed by atoms with Crippen molar-refractivity contribution < 1.29 is 13.5 Å². The van der Waals surface area contributed by atoms with Gasteiger partial charge in [0.1, 0.15) is 5.69 Å². The Morgan fingerprint density at radius 1 is 1.22 bits per heavy atom. The Balaban J connectivity index is 2.48. The van der Waals surface area contributed by atoms with E-state index in [0.29, 0.717) is 0 Å². The molecule has 0 bridgehead atoms. The zero-order valence-electron chi connectivity index (χ0n) is 9.60.